The third-order valence-electron chi connectivity index (χ3n) is 3.27. The van der Waals surface area contributed by atoms with Gasteiger partial charge in [0.25, 0.3) is 0 Å². The van der Waals surface area contributed by atoms with Crippen molar-refractivity contribution >= 4 is 27.8 Å². The zero-order valence-corrected chi connectivity index (χ0v) is 12.8. The minimum Gasteiger partial charge on any atom is -0.493 e. The SMILES string of the molecule is O=C(O)[C@@H]1CC(O)CN1C(=O)CCOc1cccc(Br)c1. The fourth-order valence-electron chi connectivity index (χ4n) is 2.28. The number of halogens is 1. The van der Waals surface area contributed by atoms with Crippen LogP contribution in [0, 0.1) is 0 Å². The number of amides is 1. The smallest absolute Gasteiger partial charge is 0.326 e. The maximum atomic E-state index is 12.0. The van der Waals surface area contributed by atoms with E-state index in [9.17, 15) is 14.7 Å². The van der Waals surface area contributed by atoms with Crippen LogP contribution < -0.4 is 4.74 Å². The van der Waals surface area contributed by atoms with Crippen molar-refractivity contribution in [3.05, 3.63) is 28.7 Å². The monoisotopic (exact) mass is 357 g/mol. The first-order chi connectivity index (χ1) is 9.97. The van der Waals surface area contributed by atoms with Gasteiger partial charge < -0.3 is 19.8 Å². The van der Waals surface area contributed by atoms with Gasteiger partial charge in [-0.15, -0.1) is 0 Å². The first kappa shape index (κ1) is 15.8. The highest BCUT2D eigenvalue weighted by Gasteiger charge is 2.38. The molecule has 21 heavy (non-hydrogen) atoms. The van der Waals surface area contributed by atoms with Crippen LogP contribution in [0.3, 0.4) is 0 Å². The molecule has 1 unspecified atom stereocenters. The number of aliphatic carboxylic acids is 1. The van der Waals surface area contributed by atoms with Gasteiger partial charge in [0.15, 0.2) is 0 Å². The van der Waals surface area contributed by atoms with E-state index in [-0.39, 0.29) is 31.9 Å². The van der Waals surface area contributed by atoms with E-state index < -0.39 is 18.1 Å². The van der Waals surface area contributed by atoms with E-state index in [0.29, 0.717) is 5.75 Å². The number of aliphatic hydroxyl groups is 1. The standard InChI is InChI=1S/C14H16BrNO5/c15-9-2-1-3-11(6-9)21-5-4-13(18)16-8-10(17)7-12(16)14(19)20/h1-3,6,10,12,17H,4-5,7-8H2,(H,19,20)/t10?,12-/m0/s1. The van der Waals surface area contributed by atoms with Crippen molar-refractivity contribution in [2.75, 3.05) is 13.2 Å². The van der Waals surface area contributed by atoms with Crippen molar-refractivity contribution in [3.8, 4) is 5.75 Å². The van der Waals surface area contributed by atoms with Crippen molar-refractivity contribution in [2.45, 2.75) is 25.0 Å². The molecular weight excluding hydrogens is 342 g/mol. The molecule has 2 atom stereocenters. The highest BCUT2D eigenvalue weighted by atomic mass is 79.9. The van der Waals surface area contributed by atoms with Crippen LogP contribution in [0.4, 0.5) is 0 Å². The summed E-state index contributed by atoms with van der Waals surface area (Å²) in [6.07, 6.45) is -0.627. The lowest BCUT2D eigenvalue weighted by atomic mass is 10.2. The van der Waals surface area contributed by atoms with Crippen molar-refractivity contribution in [3.63, 3.8) is 0 Å². The van der Waals surface area contributed by atoms with Crippen LogP contribution in [-0.4, -0.2) is 52.3 Å². The number of hydrogen-bond donors (Lipinski definition) is 2. The van der Waals surface area contributed by atoms with Gasteiger partial charge in [-0.2, -0.15) is 0 Å². The molecule has 1 saturated heterocycles. The molecule has 2 N–H and O–H groups in total. The third kappa shape index (κ3) is 4.18. The highest BCUT2D eigenvalue weighted by Crippen LogP contribution is 2.20. The van der Waals surface area contributed by atoms with Crippen LogP contribution >= 0.6 is 15.9 Å². The van der Waals surface area contributed by atoms with E-state index in [1.54, 1.807) is 12.1 Å². The summed E-state index contributed by atoms with van der Waals surface area (Å²) < 4.78 is 6.33. The molecule has 114 valence electrons. The Balaban J connectivity index is 1.85. The quantitative estimate of drug-likeness (QED) is 0.828. The number of nitrogens with zero attached hydrogens (tertiary/aromatic N) is 1. The predicted octanol–water partition coefficient (Wildman–Crippen LogP) is 1.26. The number of ether oxygens (including phenoxy) is 1. The fraction of sp³-hybridized carbons (Fsp3) is 0.429. The zero-order chi connectivity index (χ0) is 15.4. The molecule has 1 aromatic rings. The van der Waals surface area contributed by atoms with Crippen molar-refractivity contribution < 1.29 is 24.5 Å². The summed E-state index contributed by atoms with van der Waals surface area (Å²) in [5, 5.41) is 18.6. The Hall–Kier alpha value is -1.60. The molecule has 0 saturated carbocycles. The molecule has 1 heterocycles. The summed E-state index contributed by atoms with van der Waals surface area (Å²) >= 11 is 3.32. The molecule has 0 aromatic heterocycles. The molecule has 7 heteroatoms. The van der Waals surface area contributed by atoms with Gasteiger partial charge in [-0.05, 0) is 18.2 Å². The minimum absolute atomic E-state index is 0.0622. The maximum Gasteiger partial charge on any atom is 0.326 e. The number of carbonyl (C=O) groups is 2. The van der Waals surface area contributed by atoms with Gasteiger partial charge in [0.2, 0.25) is 5.91 Å². The van der Waals surface area contributed by atoms with Gasteiger partial charge in [-0.3, -0.25) is 4.79 Å². The van der Waals surface area contributed by atoms with Crippen LogP contribution in [0.25, 0.3) is 0 Å². The minimum atomic E-state index is -1.09. The lowest BCUT2D eigenvalue weighted by molar-refractivity contribution is -0.148. The normalized spacial score (nSPS) is 21.3. The first-order valence-electron chi connectivity index (χ1n) is 6.56. The number of likely N-dealkylation sites (tertiary alicyclic amines) is 1. The highest BCUT2D eigenvalue weighted by molar-refractivity contribution is 9.10. The van der Waals surface area contributed by atoms with Gasteiger partial charge >= 0.3 is 5.97 Å². The Kier molecular flexibility index (Phi) is 5.19. The number of aliphatic hydroxyl groups excluding tert-OH is 1. The molecule has 0 bridgehead atoms. The van der Waals surface area contributed by atoms with E-state index >= 15 is 0 Å². The average molecular weight is 358 g/mol. The first-order valence-corrected chi connectivity index (χ1v) is 7.35. The lowest BCUT2D eigenvalue weighted by Gasteiger charge is -2.21. The molecule has 1 fully saturated rings. The van der Waals surface area contributed by atoms with Crippen molar-refractivity contribution in [2.24, 2.45) is 0 Å². The van der Waals surface area contributed by atoms with E-state index in [1.165, 1.54) is 4.90 Å². The van der Waals surface area contributed by atoms with Gasteiger partial charge in [0.1, 0.15) is 11.8 Å². The number of carboxylic acid groups (broad SMARTS) is 1. The Morgan fingerprint density at radius 3 is 2.86 bits per heavy atom. The molecule has 2 rings (SSSR count). The van der Waals surface area contributed by atoms with E-state index in [2.05, 4.69) is 15.9 Å². The molecule has 1 amide bonds. The Morgan fingerprint density at radius 1 is 1.43 bits per heavy atom. The molecule has 1 aliphatic heterocycles. The number of rotatable bonds is 5. The maximum absolute atomic E-state index is 12.0. The van der Waals surface area contributed by atoms with Crippen LogP contribution in [0.1, 0.15) is 12.8 Å². The summed E-state index contributed by atoms with van der Waals surface area (Å²) in [6.45, 7) is 0.223. The van der Waals surface area contributed by atoms with Crippen LogP contribution in [0.15, 0.2) is 28.7 Å². The largest absolute Gasteiger partial charge is 0.493 e. The van der Waals surface area contributed by atoms with Gasteiger partial charge in [-0.1, -0.05) is 22.0 Å². The number of hydrogen-bond acceptors (Lipinski definition) is 4. The second kappa shape index (κ2) is 6.91. The van der Waals surface area contributed by atoms with Gasteiger partial charge in [0.05, 0.1) is 19.1 Å². The van der Waals surface area contributed by atoms with Crippen LogP contribution in [0.2, 0.25) is 0 Å². The molecule has 0 radical (unpaired) electrons. The molecule has 1 aromatic carbocycles. The van der Waals surface area contributed by atoms with E-state index in [0.717, 1.165) is 4.47 Å². The zero-order valence-electron chi connectivity index (χ0n) is 11.2. The van der Waals surface area contributed by atoms with Crippen molar-refractivity contribution in [1.29, 1.82) is 0 Å². The van der Waals surface area contributed by atoms with Gasteiger partial charge in [0, 0.05) is 17.4 Å². The number of carbonyl (C=O) groups excluding carboxylic acids is 1. The second-order valence-corrected chi connectivity index (χ2v) is 5.76. The third-order valence-corrected chi connectivity index (χ3v) is 3.76. The van der Waals surface area contributed by atoms with Gasteiger partial charge in [-0.25, -0.2) is 4.79 Å². The second-order valence-electron chi connectivity index (χ2n) is 4.85. The summed E-state index contributed by atoms with van der Waals surface area (Å²) in [6, 6.07) is 6.29. The number of benzene rings is 1. The molecule has 0 spiro atoms. The van der Waals surface area contributed by atoms with E-state index in [1.807, 2.05) is 12.1 Å². The lowest BCUT2D eigenvalue weighted by Crippen LogP contribution is -2.41. The Bertz CT molecular complexity index is 536. The fourth-order valence-corrected chi connectivity index (χ4v) is 2.66. The molecule has 1 aliphatic rings. The van der Waals surface area contributed by atoms with Crippen LogP contribution in [0.5, 0.6) is 5.75 Å². The Labute approximate surface area is 130 Å². The van der Waals surface area contributed by atoms with Crippen LogP contribution in [-0.2, 0) is 9.59 Å². The molecular formula is C14H16BrNO5. The number of β-amino-alcohol motifs (C(OH)–C–C–N with tert-alkyl or cyclic N) is 1. The van der Waals surface area contributed by atoms with E-state index in [4.69, 9.17) is 9.84 Å². The summed E-state index contributed by atoms with van der Waals surface area (Å²) in [5.41, 5.74) is 0. The average Bonchev–Trinajstić information content (AvgIpc) is 2.81. The predicted molar refractivity (Wildman–Crippen MR) is 78.0 cm³/mol. The molecule has 6 nitrogen and oxygen atoms in total. The molecule has 0 aliphatic carbocycles. The summed E-state index contributed by atoms with van der Waals surface area (Å²) in [4.78, 5) is 24.3. The summed E-state index contributed by atoms with van der Waals surface area (Å²) in [5.74, 6) is -0.782. The topological polar surface area (TPSA) is 87.1 Å². The number of carboxylic acids is 1. The Morgan fingerprint density at radius 2 is 2.19 bits per heavy atom. The van der Waals surface area contributed by atoms with Crippen molar-refractivity contribution in [1.82, 2.24) is 4.90 Å². The summed E-state index contributed by atoms with van der Waals surface area (Å²) in [7, 11) is 0.